The summed E-state index contributed by atoms with van der Waals surface area (Å²) in [6.45, 7) is 33.5. The molecule has 2 aromatic rings. The molecule has 0 heterocycles. The number of rotatable bonds is 1. The van der Waals surface area contributed by atoms with E-state index in [1.165, 1.54) is 38.3 Å². The zero-order valence-electron chi connectivity index (χ0n) is 31.4. The number of benzene rings is 1. The van der Waals surface area contributed by atoms with E-state index in [-0.39, 0.29) is 46.5 Å². The molecule has 3 heteroatoms. The second kappa shape index (κ2) is 14.5. The van der Waals surface area contributed by atoms with Gasteiger partial charge in [0, 0.05) is 0 Å². The van der Waals surface area contributed by atoms with Gasteiger partial charge in [0.1, 0.15) is 0 Å². The molecule has 4 aliphatic carbocycles. The number of hydrogen-bond donors (Lipinski definition) is 0. The van der Waals surface area contributed by atoms with Crippen LogP contribution in [0.2, 0.25) is 0 Å². The second-order valence-electron chi connectivity index (χ2n) is 16.9. The van der Waals surface area contributed by atoms with Crippen LogP contribution in [-0.4, -0.2) is 3.21 Å². The molecular formula is C43H60Cl2Zr-2. The summed E-state index contributed by atoms with van der Waals surface area (Å²) in [6, 6.07) is 15.9. The maximum absolute atomic E-state index is 2.62. The van der Waals surface area contributed by atoms with Crippen LogP contribution in [-0.2, 0) is 42.5 Å². The van der Waals surface area contributed by atoms with E-state index in [9.17, 15) is 0 Å². The Morgan fingerprint density at radius 1 is 0.978 bits per heavy atom. The van der Waals surface area contributed by atoms with E-state index >= 15 is 0 Å². The Hall–Kier alpha value is -1.01. The van der Waals surface area contributed by atoms with Gasteiger partial charge in [-0.15, -0.1) is 6.92 Å². The third kappa shape index (κ3) is 6.62. The molecule has 0 N–H and O–H groups in total. The molecule has 2 aromatic carbocycles. The van der Waals surface area contributed by atoms with Crippen LogP contribution in [0.5, 0.6) is 0 Å². The SMILES string of the molecule is CCc1cc(C(C)(C)C)c[cH-]1.C[C-]1C2=C3Cc4ccccc4C3=C3C=CCCC3C2(C)C(C)(C)C(C)(C)C1(C)C.C[C](C)=[Zr+2].[Cl-].[Cl-]. The van der Waals surface area contributed by atoms with Crippen LogP contribution in [0.25, 0.3) is 5.57 Å². The number of allylic oxidation sites excluding steroid dienone is 6. The molecule has 2 atom stereocenters. The molecule has 4 aliphatic rings. The number of fused-ring (bicyclic) bond motifs is 6. The van der Waals surface area contributed by atoms with Gasteiger partial charge in [0.15, 0.2) is 0 Å². The van der Waals surface area contributed by atoms with E-state index in [1.54, 1.807) is 52.4 Å². The van der Waals surface area contributed by atoms with Crippen LogP contribution < -0.4 is 24.8 Å². The fourth-order valence-electron chi connectivity index (χ4n) is 8.75. The van der Waals surface area contributed by atoms with Gasteiger partial charge in [-0.25, -0.2) is 12.0 Å². The van der Waals surface area contributed by atoms with E-state index in [2.05, 4.69) is 152 Å². The van der Waals surface area contributed by atoms with Crippen molar-refractivity contribution in [3.63, 3.8) is 0 Å². The summed E-state index contributed by atoms with van der Waals surface area (Å²) in [5.41, 5.74) is 13.5. The van der Waals surface area contributed by atoms with Crippen molar-refractivity contribution in [1.29, 1.82) is 0 Å². The molecule has 6 rings (SSSR count). The second-order valence-corrected chi connectivity index (χ2v) is 19.3. The molecule has 0 spiro atoms. The Morgan fingerprint density at radius 3 is 2.09 bits per heavy atom. The van der Waals surface area contributed by atoms with Crippen LogP contribution in [0, 0.1) is 33.5 Å². The monoisotopic (exact) mass is 736 g/mol. The summed E-state index contributed by atoms with van der Waals surface area (Å²) >= 11 is 1.55. The first-order valence-electron chi connectivity index (χ1n) is 17.1. The molecular weight excluding hydrogens is 679 g/mol. The minimum Gasteiger partial charge on any atom is -1.00 e. The first-order chi connectivity index (χ1) is 20.2. The Balaban J connectivity index is 0.000000365. The quantitative estimate of drug-likeness (QED) is 0.316. The van der Waals surface area contributed by atoms with Crippen LogP contribution >= 0.6 is 0 Å². The summed E-state index contributed by atoms with van der Waals surface area (Å²) in [5, 5.41) is 0. The topological polar surface area (TPSA) is 0 Å². The Morgan fingerprint density at radius 2 is 1.57 bits per heavy atom. The van der Waals surface area contributed by atoms with E-state index in [4.69, 9.17) is 0 Å². The van der Waals surface area contributed by atoms with Gasteiger partial charge in [-0.05, 0) is 40.6 Å². The summed E-state index contributed by atoms with van der Waals surface area (Å²) in [5.74, 6) is 2.24. The number of hydrogen-bond acceptors (Lipinski definition) is 0. The molecule has 1 saturated carbocycles. The molecule has 0 nitrogen and oxygen atoms in total. The minimum atomic E-state index is 0. The van der Waals surface area contributed by atoms with Crippen molar-refractivity contribution in [3.05, 3.63) is 99.5 Å². The van der Waals surface area contributed by atoms with Crippen molar-refractivity contribution in [1.82, 2.24) is 0 Å². The van der Waals surface area contributed by atoms with Crippen molar-refractivity contribution < 1.29 is 49.0 Å². The van der Waals surface area contributed by atoms with Gasteiger partial charge in [-0.2, -0.15) is 34.4 Å². The Labute approximate surface area is 310 Å². The van der Waals surface area contributed by atoms with E-state index in [0.717, 1.165) is 12.8 Å². The van der Waals surface area contributed by atoms with Crippen molar-refractivity contribution in [3.8, 4) is 0 Å². The van der Waals surface area contributed by atoms with E-state index < -0.39 is 0 Å². The van der Waals surface area contributed by atoms with Crippen LogP contribution in [0.1, 0.15) is 132 Å². The molecule has 46 heavy (non-hydrogen) atoms. The predicted molar refractivity (Wildman–Crippen MR) is 191 cm³/mol. The van der Waals surface area contributed by atoms with Gasteiger partial charge >= 0.3 is 41.3 Å². The van der Waals surface area contributed by atoms with E-state index in [1.807, 2.05) is 0 Å². The molecule has 1 fully saturated rings. The third-order valence-electron chi connectivity index (χ3n) is 12.9. The largest absolute Gasteiger partial charge is 1.00 e. The van der Waals surface area contributed by atoms with Crippen molar-refractivity contribution >= 4 is 8.78 Å². The Bertz CT molecular complexity index is 1490. The Kier molecular flexibility index (Phi) is 12.9. The number of halogens is 2. The maximum atomic E-state index is 2.62. The molecule has 252 valence electrons. The molecule has 0 radical (unpaired) electrons. The fraction of sp³-hybridized carbons (Fsp3) is 0.558. The van der Waals surface area contributed by atoms with Crippen molar-refractivity contribution in [2.24, 2.45) is 27.6 Å². The van der Waals surface area contributed by atoms with Crippen LogP contribution in [0.4, 0.5) is 0 Å². The average Bonchev–Trinajstić information content (AvgIpc) is 3.57. The van der Waals surface area contributed by atoms with Gasteiger partial charge in [0.25, 0.3) is 0 Å². The fourth-order valence-corrected chi connectivity index (χ4v) is 8.75. The zero-order valence-corrected chi connectivity index (χ0v) is 35.3. The first-order valence-corrected chi connectivity index (χ1v) is 18.3. The molecule has 0 aromatic heterocycles. The first kappa shape index (κ1) is 41.2. The summed E-state index contributed by atoms with van der Waals surface area (Å²) < 4.78 is 1.51. The van der Waals surface area contributed by atoms with Gasteiger partial charge in [0.2, 0.25) is 0 Å². The normalized spacial score (nSPS) is 24.4. The van der Waals surface area contributed by atoms with Gasteiger partial charge in [0.05, 0.1) is 0 Å². The summed E-state index contributed by atoms with van der Waals surface area (Å²) in [4.78, 5) is 0. The molecule has 0 amide bonds. The smallest absolute Gasteiger partial charge is 1.00 e. The molecule has 0 aliphatic heterocycles. The predicted octanol–water partition coefficient (Wildman–Crippen LogP) is 5.98. The zero-order chi connectivity index (χ0) is 33.0. The van der Waals surface area contributed by atoms with Gasteiger partial charge < -0.3 is 24.8 Å². The molecule has 0 saturated heterocycles. The minimum absolute atomic E-state index is 0. The van der Waals surface area contributed by atoms with Crippen LogP contribution in [0.3, 0.4) is 0 Å². The average molecular weight is 739 g/mol. The van der Waals surface area contributed by atoms with Crippen molar-refractivity contribution in [2.75, 3.05) is 0 Å². The van der Waals surface area contributed by atoms with Gasteiger partial charge in [-0.3, -0.25) is 0 Å². The summed E-state index contributed by atoms with van der Waals surface area (Å²) in [6.07, 6.45) is 9.65. The molecule has 0 bridgehead atoms. The summed E-state index contributed by atoms with van der Waals surface area (Å²) in [7, 11) is 0. The third-order valence-corrected chi connectivity index (χ3v) is 12.9. The number of aryl methyl sites for hydroxylation is 1. The maximum Gasteiger partial charge on any atom is -1.00 e. The standard InChI is InChI=1S/C29H37.C11H17.C3H6.2ClH.Zr/c1-18-25-22-17-19-13-9-10-14-20(19)24(22)21-15-11-12-16-23(21)29(25,8)28(6,7)27(4,5)26(18,2)3;1-5-9-6-7-10(8-9)11(2,3)4;1-3-2;;;/h9-11,13-15,23H,12,16-17H2,1-8H3;6-8H,5H2,1-4H3;1-2H3;2*1H;/q2*-1;;;;+2/p-2. The molecule has 2 unspecified atom stereocenters. The van der Waals surface area contributed by atoms with Gasteiger partial charge in [-0.1, -0.05) is 153 Å². The van der Waals surface area contributed by atoms with E-state index in [0.29, 0.717) is 11.3 Å². The van der Waals surface area contributed by atoms with Crippen LogP contribution in [0.15, 0.2) is 71.3 Å². The van der Waals surface area contributed by atoms with Crippen molar-refractivity contribution in [2.45, 2.75) is 128 Å².